The summed E-state index contributed by atoms with van der Waals surface area (Å²) in [6.07, 6.45) is 10.7. The third-order valence-corrected chi connectivity index (χ3v) is 8.29. The molecular weight excluding hydrogens is 502 g/mol. The van der Waals surface area contributed by atoms with E-state index >= 15 is 0 Å². The maximum atomic E-state index is 12.5. The van der Waals surface area contributed by atoms with Crippen LogP contribution in [0.1, 0.15) is 73.4 Å². The number of nitrogens with one attached hydrogen (secondary N) is 1. The first-order valence-corrected chi connectivity index (χ1v) is 14.6. The van der Waals surface area contributed by atoms with Crippen molar-refractivity contribution in [3.8, 4) is 5.75 Å². The summed E-state index contributed by atoms with van der Waals surface area (Å²) in [5.41, 5.74) is 4.22. The lowest BCUT2D eigenvalue weighted by molar-refractivity contribution is -0.143. The number of aryl methyl sites for hydroxylation is 2. The molecule has 2 N–H and O–H groups in total. The van der Waals surface area contributed by atoms with Crippen molar-refractivity contribution in [2.45, 2.75) is 76.4 Å². The number of aliphatic carboxylic acids is 1. The van der Waals surface area contributed by atoms with Crippen LogP contribution in [0.2, 0.25) is 5.02 Å². The van der Waals surface area contributed by atoms with Crippen LogP contribution < -0.4 is 10.1 Å². The Labute approximate surface area is 230 Å². The third-order valence-electron chi connectivity index (χ3n) is 8.01. The van der Waals surface area contributed by atoms with Gasteiger partial charge in [-0.1, -0.05) is 24.1 Å². The average Bonchev–Trinajstić information content (AvgIpc) is 3.60. The molecule has 0 bridgehead atoms. The molecule has 3 aliphatic rings. The van der Waals surface area contributed by atoms with E-state index in [4.69, 9.17) is 26.1 Å². The Morgan fingerprint density at radius 1 is 1.24 bits per heavy atom. The van der Waals surface area contributed by atoms with Gasteiger partial charge in [0.15, 0.2) is 0 Å². The molecule has 0 amide bonds. The summed E-state index contributed by atoms with van der Waals surface area (Å²) >= 11 is 6.54. The van der Waals surface area contributed by atoms with Crippen molar-refractivity contribution in [3.05, 3.63) is 51.7 Å². The third kappa shape index (κ3) is 6.80. The number of carboxylic acids is 1. The van der Waals surface area contributed by atoms with Crippen molar-refractivity contribution < 1.29 is 19.4 Å². The zero-order chi connectivity index (χ0) is 26.5. The number of nitrogens with zero attached hydrogens (tertiary/aromatic N) is 2. The molecule has 1 aliphatic carbocycles. The van der Waals surface area contributed by atoms with Crippen molar-refractivity contribution in [2.75, 3.05) is 38.7 Å². The lowest BCUT2D eigenvalue weighted by Gasteiger charge is -2.27. The molecule has 38 heavy (non-hydrogen) atoms. The molecule has 3 heterocycles. The number of methoxy groups -OCH3 is 1. The van der Waals surface area contributed by atoms with Gasteiger partial charge in [-0.25, -0.2) is 4.98 Å². The van der Waals surface area contributed by atoms with Crippen molar-refractivity contribution in [3.63, 3.8) is 0 Å². The van der Waals surface area contributed by atoms with Gasteiger partial charge in [0.25, 0.3) is 0 Å². The summed E-state index contributed by atoms with van der Waals surface area (Å²) in [4.78, 5) is 19.2. The molecule has 0 radical (unpaired) electrons. The zero-order valence-electron chi connectivity index (χ0n) is 22.4. The Hall–Kier alpha value is -2.35. The van der Waals surface area contributed by atoms with Gasteiger partial charge >= 0.3 is 5.97 Å². The SMILES string of the molecule is COc1c(Cl)cc(CC2CC2)cc1C(C(=O)O)N1CC[C@@H](OCCCCCc2ccc3c(n2)NCCC3)C1. The number of fused-ring (bicyclic) bond motifs is 1. The lowest BCUT2D eigenvalue weighted by Crippen LogP contribution is -2.34. The molecular formula is C30H40ClN3O4. The van der Waals surface area contributed by atoms with E-state index in [0.29, 0.717) is 41.9 Å². The highest BCUT2D eigenvalue weighted by Crippen LogP contribution is 2.40. The Bertz CT molecular complexity index is 1120. The second-order valence-electron chi connectivity index (χ2n) is 11.0. The Kier molecular flexibility index (Phi) is 9.08. The van der Waals surface area contributed by atoms with Crippen LogP contribution in [0, 0.1) is 5.92 Å². The highest BCUT2D eigenvalue weighted by molar-refractivity contribution is 6.32. The monoisotopic (exact) mass is 541 g/mol. The van der Waals surface area contributed by atoms with Crippen molar-refractivity contribution in [2.24, 2.45) is 5.92 Å². The molecule has 8 heteroatoms. The van der Waals surface area contributed by atoms with E-state index in [0.717, 1.165) is 68.6 Å². The van der Waals surface area contributed by atoms with Gasteiger partial charge in [0.05, 0.1) is 18.2 Å². The Morgan fingerprint density at radius 3 is 2.89 bits per heavy atom. The van der Waals surface area contributed by atoms with Crippen molar-refractivity contribution in [1.82, 2.24) is 9.88 Å². The number of hydrogen-bond donors (Lipinski definition) is 2. The summed E-state index contributed by atoms with van der Waals surface area (Å²) in [7, 11) is 1.55. The fourth-order valence-corrected chi connectivity index (χ4v) is 6.14. The first-order chi connectivity index (χ1) is 18.5. The van der Waals surface area contributed by atoms with Crippen molar-refractivity contribution >= 4 is 23.4 Å². The Morgan fingerprint density at radius 2 is 2.11 bits per heavy atom. The number of carboxylic acid groups (broad SMARTS) is 1. The molecule has 2 fully saturated rings. The average molecular weight is 542 g/mol. The number of benzene rings is 1. The zero-order valence-corrected chi connectivity index (χ0v) is 23.1. The van der Waals surface area contributed by atoms with Gasteiger partial charge in [-0.05, 0) is 93.0 Å². The predicted octanol–water partition coefficient (Wildman–Crippen LogP) is 5.68. The summed E-state index contributed by atoms with van der Waals surface area (Å²) in [6, 6.07) is 7.50. The molecule has 2 atom stereocenters. The molecule has 0 spiro atoms. The normalized spacial score (nSPS) is 20.1. The number of rotatable bonds is 13. The van der Waals surface area contributed by atoms with Crippen LogP contribution >= 0.6 is 11.6 Å². The molecule has 2 aliphatic heterocycles. The first-order valence-electron chi connectivity index (χ1n) is 14.2. The van der Waals surface area contributed by atoms with E-state index in [-0.39, 0.29) is 6.10 Å². The fourth-order valence-electron chi connectivity index (χ4n) is 5.82. The van der Waals surface area contributed by atoms with E-state index in [9.17, 15) is 9.90 Å². The fraction of sp³-hybridized carbons (Fsp3) is 0.600. The minimum Gasteiger partial charge on any atom is -0.495 e. The molecule has 1 saturated heterocycles. The van der Waals surface area contributed by atoms with Crippen LogP contribution in [0.25, 0.3) is 0 Å². The van der Waals surface area contributed by atoms with Gasteiger partial charge in [-0.2, -0.15) is 0 Å². The van der Waals surface area contributed by atoms with Crippen molar-refractivity contribution in [1.29, 1.82) is 0 Å². The number of aromatic nitrogens is 1. The molecule has 7 nitrogen and oxygen atoms in total. The highest BCUT2D eigenvalue weighted by atomic mass is 35.5. The van der Waals surface area contributed by atoms with Gasteiger partial charge in [-0.3, -0.25) is 9.69 Å². The predicted molar refractivity (Wildman–Crippen MR) is 149 cm³/mol. The molecule has 1 saturated carbocycles. The van der Waals surface area contributed by atoms with Crippen LogP contribution in [0.3, 0.4) is 0 Å². The minimum atomic E-state index is -0.880. The topological polar surface area (TPSA) is 83.9 Å². The van der Waals surface area contributed by atoms with E-state index in [1.165, 1.54) is 24.8 Å². The smallest absolute Gasteiger partial charge is 0.325 e. The first kappa shape index (κ1) is 27.2. The second-order valence-corrected chi connectivity index (χ2v) is 11.4. The molecule has 1 unspecified atom stereocenters. The largest absolute Gasteiger partial charge is 0.495 e. The maximum Gasteiger partial charge on any atom is 0.325 e. The van der Waals surface area contributed by atoms with Gasteiger partial charge < -0.3 is 19.9 Å². The van der Waals surface area contributed by atoms with Crippen LogP contribution in [0.4, 0.5) is 5.82 Å². The van der Waals surface area contributed by atoms with Gasteiger partial charge in [0, 0.05) is 37.5 Å². The minimum absolute atomic E-state index is 0.0429. The number of unbranched alkanes of at least 4 members (excludes halogenated alkanes) is 2. The number of ether oxygens (including phenoxy) is 2. The second kappa shape index (κ2) is 12.7. The molecule has 5 rings (SSSR count). The maximum absolute atomic E-state index is 12.5. The summed E-state index contributed by atoms with van der Waals surface area (Å²) in [6.45, 7) is 2.98. The number of halogens is 1. The number of pyridine rings is 1. The summed E-state index contributed by atoms with van der Waals surface area (Å²) in [5, 5.41) is 14.1. The molecule has 2 aromatic rings. The molecule has 206 valence electrons. The van der Waals surface area contributed by atoms with Gasteiger partial charge in [-0.15, -0.1) is 0 Å². The van der Waals surface area contributed by atoms with E-state index in [1.807, 2.05) is 17.0 Å². The lowest BCUT2D eigenvalue weighted by atomic mass is 9.98. The van der Waals surface area contributed by atoms with E-state index < -0.39 is 12.0 Å². The van der Waals surface area contributed by atoms with E-state index in [2.05, 4.69) is 17.4 Å². The summed E-state index contributed by atoms with van der Waals surface area (Å²) < 4.78 is 11.7. The number of hydrogen-bond acceptors (Lipinski definition) is 6. The number of carbonyl (C=O) groups is 1. The Balaban J connectivity index is 1.09. The van der Waals surface area contributed by atoms with Gasteiger partial charge in [0.2, 0.25) is 0 Å². The quantitative estimate of drug-likeness (QED) is 0.315. The van der Waals surface area contributed by atoms with Crippen LogP contribution in [0.15, 0.2) is 24.3 Å². The molecule has 1 aromatic carbocycles. The standard InChI is InChI=1S/C30H40ClN3O4/c1-37-28-25(17-21(18-26(28)31)16-20-8-9-20)27(30(35)36)34-14-12-24(19-34)38-15-4-2-3-7-23-11-10-22-6-5-13-32-29(22)33-23/h10-11,17-18,20,24,27H,2-9,12-16,19H2,1H3,(H,32,33)(H,35,36)/t24-,27?/m1/s1. The number of likely N-dealkylation sites (tertiary alicyclic amines) is 1. The molecule has 1 aromatic heterocycles. The van der Waals surface area contributed by atoms with Crippen LogP contribution in [-0.4, -0.2) is 60.4 Å². The highest BCUT2D eigenvalue weighted by Gasteiger charge is 2.36. The number of anilines is 1. The summed E-state index contributed by atoms with van der Waals surface area (Å²) in [5.74, 6) is 1.34. The van der Waals surface area contributed by atoms with E-state index in [1.54, 1.807) is 7.11 Å². The van der Waals surface area contributed by atoms with Gasteiger partial charge in [0.1, 0.15) is 17.6 Å². The van der Waals surface area contributed by atoms with Crippen LogP contribution in [0.5, 0.6) is 5.75 Å². The van der Waals surface area contributed by atoms with Crippen LogP contribution in [-0.2, 0) is 28.8 Å².